The van der Waals surface area contributed by atoms with E-state index in [1.807, 2.05) is 24.3 Å². The Morgan fingerprint density at radius 3 is 2.80 bits per heavy atom. The molecular weight excluding hydrogens is 447 g/mol. The SMILES string of the molecule is O=C(CSc1ncnn1-c1ccc(Cl)cc1Cl)Nc1ccccc1Br. The summed E-state index contributed by atoms with van der Waals surface area (Å²) >= 11 is 16.8. The highest BCUT2D eigenvalue weighted by Gasteiger charge is 2.13. The van der Waals surface area contributed by atoms with Gasteiger partial charge < -0.3 is 5.32 Å². The van der Waals surface area contributed by atoms with Crippen LogP contribution in [0.3, 0.4) is 0 Å². The first-order chi connectivity index (χ1) is 12.0. The number of nitrogens with one attached hydrogen (secondary N) is 1. The van der Waals surface area contributed by atoms with Gasteiger partial charge in [0, 0.05) is 9.50 Å². The molecule has 0 atom stereocenters. The Balaban J connectivity index is 1.69. The van der Waals surface area contributed by atoms with E-state index in [2.05, 4.69) is 31.3 Å². The molecule has 0 aliphatic heterocycles. The van der Waals surface area contributed by atoms with Gasteiger partial charge >= 0.3 is 0 Å². The van der Waals surface area contributed by atoms with Crippen molar-refractivity contribution in [2.24, 2.45) is 0 Å². The maximum absolute atomic E-state index is 12.2. The van der Waals surface area contributed by atoms with Crippen LogP contribution in [0, 0.1) is 0 Å². The van der Waals surface area contributed by atoms with Gasteiger partial charge in [-0.05, 0) is 46.3 Å². The summed E-state index contributed by atoms with van der Waals surface area (Å²) in [7, 11) is 0. The maximum atomic E-state index is 12.2. The predicted octanol–water partition coefficient (Wildman–Crippen LogP) is 5.07. The zero-order valence-corrected chi connectivity index (χ0v) is 16.5. The topological polar surface area (TPSA) is 59.8 Å². The Hall–Kier alpha value is -1.54. The van der Waals surface area contributed by atoms with Crippen LogP contribution in [0.15, 0.2) is 58.4 Å². The zero-order valence-electron chi connectivity index (χ0n) is 12.6. The van der Waals surface area contributed by atoms with Crippen LogP contribution >= 0.6 is 50.9 Å². The monoisotopic (exact) mass is 456 g/mol. The van der Waals surface area contributed by atoms with Crippen LogP contribution in [0.5, 0.6) is 0 Å². The van der Waals surface area contributed by atoms with Crippen molar-refractivity contribution in [3.8, 4) is 5.69 Å². The largest absolute Gasteiger partial charge is 0.324 e. The highest BCUT2D eigenvalue weighted by atomic mass is 79.9. The highest BCUT2D eigenvalue weighted by Crippen LogP contribution is 2.27. The number of carbonyl (C=O) groups is 1. The number of benzene rings is 2. The van der Waals surface area contributed by atoms with Gasteiger partial charge in [-0.2, -0.15) is 5.10 Å². The number of anilines is 1. The minimum absolute atomic E-state index is 0.145. The average Bonchev–Trinajstić information content (AvgIpc) is 3.03. The van der Waals surface area contributed by atoms with E-state index in [0.717, 1.165) is 10.2 Å². The molecule has 0 fully saturated rings. The number of hydrogen-bond acceptors (Lipinski definition) is 4. The minimum Gasteiger partial charge on any atom is -0.324 e. The van der Waals surface area contributed by atoms with Crippen LogP contribution in [0.1, 0.15) is 0 Å². The van der Waals surface area contributed by atoms with Gasteiger partial charge in [-0.25, -0.2) is 9.67 Å². The molecule has 3 aromatic rings. The van der Waals surface area contributed by atoms with Crippen molar-refractivity contribution in [3.63, 3.8) is 0 Å². The van der Waals surface area contributed by atoms with Crippen molar-refractivity contribution in [1.29, 1.82) is 0 Å². The van der Waals surface area contributed by atoms with E-state index >= 15 is 0 Å². The number of hydrogen-bond donors (Lipinski definition) is 1. The first-order valence-corrected chi connectivity index (χ1v) is 9.60. The second-order valence-corrected chi connectivity index (χ2v) is 7.51. The van der Waals surface area contributed by atoms with Crippen LogP contribution in [-0.2, 0) is 4.79 Å². The molecule has 0 radical (unpaired) electrons. The smallest absolute Gasteiger partial charge is 0.234 e. The van der Waals surface area contributed by atoms with Crippen molar-refractivity contribution in [1.82, 2.24) is 14.8 Å². The number of halogens is 3. The van der Waals surface area contributed by atoms with Gasteiger partial charge in [0.2, 0.25) is 5.91 Å². The van der Waals surface area contributed by atoms with Gasteiger partial charge in [0.25, 0.3) is 0 Å². The minimum atomic E-state index is -0.145. The molecule has 0 aliphatic carbocycles. The van der Waals surface area contributed by atoms with Gasteiger partial charge in [-0.3, -0.25) is 4.79 Å². The molecule has 25 heavy (non-hydrogen) atoms. The number of amides is 1. The van der Waals surface area contributed by atoms with Gasteiger partial charge in [-0.15, -0.1) is 0 Å². The molecule has 9 heteroatoms. The summed E-state index contributed by atoms with van der Waals surface area (Å²) in [5.74, 6) is 0.0410. The quantitative estimate of drug-likeness (QED) is 0.543. The van der Waals surface area contributed by atoms with Crippen LogP contribution < -0.4 is 5.32 Å². The number of rotatable bonds is 5. The first kappa shape index (κ1) is 18.3. The molecular formula is C16H11BrCl2N4OS. The van der Waals surface area contributed by atoms with E-state index in [4.69, 9.17) is 23.2 Å². The molecule has 0 aliphatic rings. The fourth-order valence-corrected chi connectivity index (χ4v) is 3.62. The molecule has 0 spiro atoms. The van der Waals surface area contributed by atoms with E-state index < -0.39 is 0 Å². The summed E-state index contributed by atoms with van der Waals surface area (Å²) in [6, 6.07) is 12.5. The van der Waals surface area contributed by atoms with Crippen molar-refractivity contribution in [2.45, 2.75) is 5.16 Å². The number of aromatic nitrogens is 3. The molecule has 1 amide bonds. The lowest BCUT2D eigenvalue weighted by Crippen LogP contribution is -2.15. The van der Waals surface area contributed by atoms with E-state index in [0.29, 0.717) is 20.9 Å². The molecule has 1 heterocycles. The molecule has 128 valence electrons. The Bertz CT molecular complexity index is 919. The molecule has 2 aromatic carbocycles. The molecule has 0 bridgehead atoms. The number of nitrogens with zero attached hydrogens (tertiary/aromatic N) is 3. The Morgan fingerprint density at radius 2 is 2.04 bits per heavy atom. The first-order valence-electron chi connectivity index (χ1n) is 7.07. The Labute approximate surface area is 166 Å². The van der Waals surface area contributed by atoms with Crippen molar-refractivity contribution in [3.05, 3.63) is 63.3 Å². The van der Waals surface area contributed by atoms with Gasteiger partial charge in [0.1, 0.15) is 6.33 Å². The maximum Gasteiger partial charge on any atom is 0.234 e. The Morgan fingerprint density at radius 1 is 1.24 bits per heavy atom. The molecule has 0 saturated carbocycles. The average molecular weight is 458 g/mol. The fraction of sp³-hybridized carbons (Fsp3) is 0.0625. The second kappa shape index (κ2) is 8.23. The van der Waals surface area contributed by atoms with Crippen LogP contribution in [-0.4, -0.2) is 26.4 Å². The standard InChI is InChI=1S/C16H11BrCl2N4OS/c17-11-3-1-2-4-13(11)22-15(24)8-25-16-20-9-21-23(16)14-6-5-10(18)7-12(14)19/h1-7,9H,8H2,(H,22,24). The summed E-state index contributed by atoms with van der Waals surface area (Å²) in [6.07, 6.45) is 1.42. The highest BCUT2D eigenvalue weighted by molar-refractivity contribution is 9.10. The van der Waals surface area contributed by atoms with Crippen LogP contribution in [0.2, 0.25) is 10.0 Å². The lowest BCUT2D eigenvalue weighted by atomic mass is 10.3. The predicted molar refractivity (Wildman–Crippen MR) is 105 cm³/mol. The molecule has 1 aromatic heterocycles. The molecule has 0 saturated heterocycles. The molecule has 3 rings (SSSR count). The normalized spacial score (nSPS) is 10.7. The van der Waals surface area contributed by atoms with Gasteiger partial charge in [0.05, 0.1) is 22.2 Å². The summed E-state index contributed by atoms with van der Waals surface area (Å²) in [5.41, 5.74) is 1.37. The number of thioether (sulfide) groups is 1. The number of carbonyl (C=O) groups excluding carboxylic acids is 1. The lowest BCUT2D eigenvalue weighted by molar-refractivity contribution is -0.113. The summed E-state index contributed by atoms with van der Waals surface area (Å²) in [5, 5.41) is 8.57. The van der Waals surface area contributed by atoms with Gasteiger partial charge in [-0.1, -0.05) is 47.1 Å². The lowest BCUT2D eigenvalue weighted by Gasteiger charge is -2.09. The van der Waals surface area contributed by atoms with E-state index in [-0.39, 0.29) is 11.7 Å². The third-order valence-electron chi connectivity index (χ3n) is 3.13. The molecule has 1 N–H and O–H groups in total. The van der Waals surface area contributed by atoms with E-state index in [1.54, 1.807) is 22.9 Å². The van der Waals surface area contributed by atoms with E-state index in [9.17, 15) is 4.79 Å². The van der Waals surface area contributed by atoms with E-state index in [1.165, 1.54) is 18.1 Å². The second-order valence-electron chi connectivity index (χ2n) is 4.87. The number of para-hydroxylation sites is 1. The van der Waals surface area contributed by atoms with Crippen LogP contribution in [0.4, 0.5) is 5.69 Å². The third kappa shape index (κ3) is 4.55. The van der Waals surface area contributed by atoms with Gasteiger partial charge in [0.15, 0.2) is 5.16 Å². The summed E-state index contributed by atoms with van der Waals surface area (Å²) < 4.78 is 2.40. The summed E-state index contributed by atoms with van der Waals surface area (Å²) in [4.78, 5) is 16.4. The fourth-order valence-electron chi connectivity index (χ4n) is 2.03. The van der Waals surface area contributed by atoms with Crippen LogP contribution in [0.25, 0.3) is 5.69 Å². The van der Waals surface area contributed by atoms with Crippen molar-refractivity contribution < 1.29 is 4.79 Å². The molecule has 0 unspecified atom stereocenters. The zero-order chi connectivity index (χ0) is 17.8. The molecule has 5 nitrogen and oxygen atoms in total. The summed E-state index contributed by atoms with van der Waals surface area (Å²) in [6.45, 7) is 0. The van der Waals surface area contributed by atoms with Crippen molar-refractivity contribution >= 4 is 62.5 Å². The third-order valence-corrected chi connectivity index (χ3v) is 5.31. The van der Waals surface area contributed by atoms with Crippen molar-refractivity contribution in [2.75, 3.05) is 11.1 Å². The Kier molecular flexibility index (Phi) is 6.01.